The summed E-state index contributed by atoms with van der Waals surface area (Å²) in [6.07, 6.45) is 10.3. The van der Waals surface area contributed by atoms with Crippen molar-refractivity contribution in [2.75, 3.05) is 43.9 Å². The molecule has 8 nitrogen and oxygen atoms in total. The number of carbonyl (C=O) groups excluding carboxylic acids is 1. The van der Waals surface area contributed by atoms with Crippen molar-refractivity contribution in [3.8, 4) is 5.75 Å². The minimum atomic E-state index is -0.596. The number of methoxy groups -OCH3 is 1. The summed E-state index contributed by atoms with van der Waals surface area (Å²) >= 11 is 5.61. The Balaban J connectivity index is 1.58. The number of benzene rings is 1. The van der Waals surface area contributed by atoms with E-state index in [1.807, 2.05) is 41.3 Å². The first-order valence-electron chi connectivity index (χ1n) is 10.9. The van der Waals surface area contributed by atoms with E-state index >= 15 is 0 Å². The predicted molar refractivity (Wildman–Crippen MR) is 133 cm³/mol. The van der Waals surface area contributed by atoms with Crippen molar-refractivity contribution in [1.29, 1.82) is 5.41 Å². The number of carbonyl (C=O) groups is 1. The van der Waals surface area contributed by atoms with Crippen molar-refractivity contribution in [2.45, 2.75) is 18.9 Å². The van der Waals surface area contributed by atoms with Crippen LogP contribution in [0.3, 0.4) is 0 Å². The molecule has 3 N–H and O–H groups in total. The number of nitrogens with zero attached hydrogens (tertiary/aromatic N) is 4. The number of aromatic nitrogens is 2. The van der Waals surface area contributed by atoms with Gasteiger partial charge in [0.15, 0.2) is 0 Å². The van der Waals surface area contributed by atoms with Crippen LogP contribution in [0.2, 0.25) is 0 Å². The molecule has 2 heterocycles. The number of hydrogen-bond acceptors (Lipinski definition) is 7. The van der Waals surface area contributed by atoms with Crippen LogP contribution in [0.1, 0.15) is 24.4 Å². The van der Waals surface area contributed by atoms with Crippen LogP contribution in [0.25, 0.3) is 0 Å². The zero-order chi connectivity index (χ0) is 23.4. The molecule has 0 spiro atoms. The average molecular weight is 465 g/mol. The second-order valence-electron chi connectivity index (χ2n) is 8.02. The molecule has 1 fully saturated rings. The number of allylic oxidation sites excluding steroid dienone is 3. The van der Waals surface area contributed by atoms with Crippen molar-refractivity contribution in [1.82, 2.24) is 14.5 Å². The molecule has 2 aliphatic rings. The molecule has 1 aromatic heterocycles. The molecule has 1 aliphatic heterocycles. The molecule has 0 bridgehead atoms. The Morgan fingerprint density at radius 1 is 1.24 bits per heavy atom. The van der Waals surface area contributed by atoms with Gasteiger partial charge < -0.3 is 30.2 Å². The van der Waals surface area contributed by atoms with Gasteiger partial charge in [-0.05, 0) is 42.7 Å². The molecule has 33 heavy (non-hydrogen) atoms. The minimum Gasteiger partial charge on any atom is -0.497 e. The van der Waals surface area contributed by atoms with Crippen LogP contribution >= 0.6 is 12.2 Å². The van der Waals surface area contributed by atoms with E-state index in [0.29, 0.717) is 23.3 Å². The molecule has 2 aromatic rings. The molecule has 0 radical (unpaired) electrons. The number of anilines is 2. The fraction of sp³-hybridized carbons (Fsp3) is 0.333. The first-order valence-corrected chi connectivity index (χ1v) is 11.3. The molecule has 1 aliphatic carbocycles. The standard InChI is InChI=1S/C24H28N6O2S/c1-32-19-9-7-18(8-10-19)28-11-13-29(14-12-28)23(31)21(17-5-3-2-4-6-17)30-16-27-22(26)20(15-25)24(30)33/h2-3,5,7-10,15-16,21,25H,4,6,11-14,26H2,1H3. The number of nitrogens with two attached hydrogens (primary N) is 1. The highest BCUT2D eigenvalue weighted by Crippen LogP contribution is 2.29. The van der Waals surface area contributed by atoms with Crippen LogP contribution < -0.4 is 15.4 Å². The number of nitrogen functional groups attached to an aromatic ring is 1. The van der Waals surface area contributed by atoms with Crippen molar-refractivity contribution in [2.24, 2.45) is 0 Å². The number of rotatable bonds is 6. The SMILES string of the molecule is COc1ccc(N2CCN(C(=O)C(C3=CC=CCC3)n3cnc(N)c(C=N)c3=S)CC2)cc1. The largest absolute Gasteiger partial charge is 0.497 e. The van der Waals surface area contributed by atoms with Gasteiger partial charge in [0.25, 0.3) is 0 Å². The summed E-state index contributed by atoms with van der Waals surface area (Å²) in [6, 6.07) is 7.38. The molecule has 9 heteroatoms. The van der Waals surface area contributed by atoms with Gasteiger partial charge in [-0.2, -0.15) is 0 Å². The van der Waals surface area contributed by atoms with Gasteiger partial charge in [0.1, 0.15) is 22.2 Å². The van der Waals surface area contributed by atoms with E-state index < -0.39 is 6.04 Å². The maximum Gasteiger partial charge on any atom is 0.250 e. The zero-order valence-corrected chi connectivity index (χ0v) is 19.4. The number of amides is 1. The summed E-state index contributed by atoms with van der Waals surface area (Å²) in [5.41, 5.74) is 8.37. The van der Waals surface area contributed by atoms with Gasteiger partial charge in [-0.1, -0.05) is 30.4 Å². The van der Waals surface area contributed by atoms with Gasteiger partial charge in [0.2, 0.25) is 5.91 Å². The Morgan fingerprint density at radius 2 is 1.97 bits per heavy atom. The molecule has 1 aromatic carbocycles. The maximum absolute atomic E-state index is 13.8. The summed E-state index contributed by atoms with van der Waals surface area (Å²) in [5, 5.41) is 7.68. The summed E-state index contributed by atoms with van der Waals surface area (Å²) in [5.74, 6) is 1.01. The van der Waals surface area contributed by atoms with E-state index in [9.17, 15) is 4.79 Å². The molecule has 1 saturated heterocycles. The third-order valence-corrected chi connectivity index (χ3v) is 6.58. The molecule has 1 unspecified atom stereocenters. The van der Waals surface area contributed by atoms with Gasteiger partial charge in [-0.3, -0.25) is 4.79 Å². The van der Waals surface area contributed by atoms with Crippen LogP contribution in [0, 0.1) is 10.0 Å². The van der Waals surface area contributed by atoms with Gasteiger partial charge in [-0.15, -0.1) is 0 Å². The van der Waals surface area contributed by atoms with Gasteiger partial charge >= 0.3 is 0 Å². The first kappa shape index (κ1) is 22.7. The molecular weight excluding hydrogens is 436 g/mol. The number of hydrogen-bond donors (Lipinski definition) is 2. The summed E-state index contributed by atoms with van der Waals surface area (Å²) in [7, 11) is 1.65. The quantitative estimate of drug-likeness (QED) is 0.502. The summed E-state index contributed by atoms with van der Waals surface area (Å²) in [6.45, 7) is 2.69. The Morgan fingerprint density at radius 3 is 2.58 bits per heavy atom. The Hall–Kier alpha value is -3.46. The molecule has 1 atom stereocenters. The lowest BCUT2D eigenvalue weighted by Gasteiger charge is -2.38. The molecule has 4 rings (SSSR count). The highest BCUT2D eigenvalue weighted by Gasteiger charge is 2.32. The van der Waals surface area contributed by atoms with Crippen molar-refractivity contribution in [3.63, 3.8) is 0 Å². The fourth-order valence-electron chi connectivity index (χ4n) is 4.27. The number of nitrogens with one attached hydrogen (secondary N) is 1. The lowest BCUT2D eigenvalue weighted by Crippen LogP contribution is -2.51. The third-order valence-electron chi connectivity index (χ3n) is 6.14. The van der Waals surface area contributed by atoms with E-state index in [1.54, 1.807) is 11.7 Å². The Bertz CT molecular complexity index is 1150. The van der Waals surface area contributed by atoms with Crippen LogP contribution in [-0.2, 0) is 4.79 Å². The highest BCUT2D eigenvalue weighted by molar-refractivity contribution is 7.71. The average Bonchev–Trinajstić information content (AvgIpc) is 2.86. The van der Waals surface area contributed by atoms with Gasteiger partial charge in [-0.25, -0.2) is 4.98 Å². The third kappa shape index (κ3) is 4.68. The zero-order valence-electron chi connectivity index (χ0n) is 18.6. The van der Waals surface area contributed by atoms with Gasteiger partial charge in [0.05, 0.1) is 19.0 Å². The van der Waals surface area contributed by atoms with Crippen molar-refractivity contribution in [3.05, 3.63) is 64.6 Å². The normalized spacial score (nSPS) is 16.8. The van der Waals surface area contributed by atoms with E-state index in [0.717, 1.165) is 49.2 Å². The molecule has 1 amide bonds. The van der Waals surface area contributed by atoms with E-state index in [1.165, 1.54) is 6.33 Å². The van der Waals surface area contributed by atoms with Crippen LogP contribution in [0.15, 0.2) is 54.4 Å². The Labute approximate surface area is 198 Å². The molecule has 172 valence electrons. The molecular formula is C24H28N6O2S. The first-order chi connectivity index (χ1) is 16.0. The predicted octanol–water partition coefficient (Wildman–Crippen LogP) is 3.37. The van der Waals surface area contributed by atoms with Crippen molar-refractivity contribution < 1.29 is 9.53 Å². The second-order valence-corrected chi connectivity index (χ2v) is 8.41. The minimum absolute atomic E-state index is 0.00969. The van der Waals surface area contributed by atoms with Crippen molar-refractivity contribution >= 4 is 35.8 Å². The van der Waals surface area contributed by atoms with E-state index in [4.69, 9.17) is 28.1 Å². The van der Waals surface area contributed by atoms with Crippen LogP contribution in [-0.4, -0.2) is 59.9 Å². The topological polar surface area (TPSA) is 100 Å². The highest BCUT2D eigenvalue weighted by atomic mass is 32.1. The van der Waals surface area contributed by atoms with Crippen LogP contribution in [0.4, 0.5) is 11.5 Å². The fourth-order valence-corrected chi connectivity index (χ4v) is 4.59. The smallest absolute Gasteiger partial charge is 0.250 e. The second kappa shape index (κ2) is 9.99. The Kier molecular flexibility index (Phi) is 6.88. The van der Waals surface area contributed by atoms with E-state index in [2.05, 4.69) is 16.0 Å². The lowest BCUT2D eigenvalue weighted by molar-refractivity contribution is -0.134. The van der Waals surface area contributed by atoms with Gasteiger partial charge in [0, 0.05) is 38.1 Å². The lowest BCUT2D eigenvalue weighted by atomic mass is 9.96. The summed E-state index contributed by atoms with van der Waals surface area (Å²) in [4.78, 5) is 22.2. The monoisotopic (exact) mass is 464 g/mol. The summed E-state index contributed by atoms with van der Waals surface area (Å²) < 4.78 is 7.29. The number of piperazine rings is 1. The van der Waals surface area contributed by atoms with Crippen LogP contribution in [0.5, 0.6) is 5.75 Å². The maximum atomic E-state index is 13.8. The van der Waals surface area contributed by atoms with E-state index in [-0.39, 0.29) is 11.7 Å². The number of ether oxygens (including phenoxy) is 1. The molecule has 0 saturated carbocycles.